The van der Waals surface area contributed by atoms with Crippen LogP contribution in [0, 0.1) is 0 Å². The van der Waals surface area contributed by atoms with Crippen molar-refractivity contribution in [3.05, 3.63) is 34.5 Å². The zero-order chi connectivity index (χ0) is 20.0. The number of carbonyl (C=O) groups is 2. The number of hydrogen-bond acceptors (Lipinski definition) is 5. The van der Waals surface area contributed by atoms with E-state index in [1.54, 1.807) is 13.8 Å². The molecule has 1 aliphatic heterocycles. The molecule has 1 aromatic rings. The van der Waals surface area contributed by atoms with Crippen molar-refractivity contribution in [2.45, 2.75) is 47.1 Å². The average molecular weight is 376 g/mol. The van der Waals surface area contributed by atoms with Gasteiger partial charge in [0.15, 0.2) is 0 Å². The first-order valence-electron chi connectivity index (χ1n) is 9.34. The van der Waals surface area contributed by atoms with Gasteiger partial charge < -0.3 is 24.8 Å². The van der Waals surface area contributed by atoms with E-state index < -0.39 is 12.0 Å². The number of hydrogen-bond donors (Lipinski definition) is 2. The fourth-order valence-corrected chi connectivity index (χ4v) is 3.10. The molecule has 0 saturated carbocycles. The molecule has 148 valence electrons. The predicted octanol–water partition coefficient (Wildman–Crippen LogP) is 3.24. The van der Waals surface area contributed by atoms with E-state index >= 15 is 0 Å². The Morgan fingerprint density at radius 2 is 1.70 bits per heavy atom. The first-order valence-corrected chi connectivity index (χ1v) is 9.34. The number of carbonyl (C=O) groups excluding carboxylic acids is 2. The Balaban J connectivity index is 2.62. The van der Waals surface area contributed by atoms with Crippen LogP contribution in [0.2, 0.25) is 0 Å². The highest BCUT2D eigenvalue weighted by molar-refractivity contribution is 5.95. The molecule has 0 aromatic heterocycles. The van der Waals surface area contributed by atoms with Gasteiger partial charge >= 0.3 is 12.0 Å². The summed E-state index contributed by atoms with van der Waals surface area (Å²) in [4.78, 5) is 24.7. The molecule has 0 fully saturated rings. The summed E-state index contributed by atoms with van der Waals surface area (Å²) in [6.07, 6.45) is 0.741. The summed E-state index contributed by atoms with van der Waals surface area (Å²) in [5.41, 5.74) is 2.51. The maximum Gasteiger partial charge on any atom is 0.338 e. The molecule has 2 amide bonds. The lowest BCUT2D eigenvalue weighted by Gasteiger charge is -2.30. The molecule has 2 rings (SSSR count). The molecule has 0 saturated heterocycles. The van der Waals surface area contributed by atoms with Gasteiger partial charge in [-0.25, -0.2) is 9.59 Å². The predicted molar refractivity (Wildman–Crippen MR) is 102 cm³/mol. The summed E-state index contributed by atoms with van der Waals surface area (Å²) in [6.45, 7) is 10.5. The molecule has 1 aliphatic rings. The Labute approximate surface area is 160 Å². The van der Waals surface area contributed by atoms with E-state index in [4.69, 9.17) is 14.2 Å². The lowest BCUT2D eigenvalue weighted by molar-refractivity contribution is -0.139. The summed E-state index contributed by atoms with van der Waals surface area (Å²) < 4.78 is 16.7. The van der Waals surface area contributed by atoms with Gasteiger partial charge in [0.1, 0.15) is 11.5 Å². The van der Waals surface area contributed by atoms with E-state index in [-0.39, 0.29) is 12.6 Å². The lowest BCUT2D eigenvalue weighted by Crippen LogP contribution is -2.45. The van der Waals surface area contributed by atoms with Crippen LogP contribution >= 0.6 is 0 Å². The number of nitrogens with one attached hydrogen (secondary N) is 2. The van der Waals surface area contributed by atoms with Gasteiger partial charge in [0.2, 0.25) is 0 Å². The third-order valence-electron chi connectivity index (χ3n) is 4.25. The molecule has 0 bridgehead atoms. The maximum atomic E-state index is 12.6. The second-order valence-electron chi connectivity index (χ2n) is 6.01. The molecule has 1 aromatic carbocycles. The summed E-state index contributed by atoms with van der Waals surface area (Å²) in [7, 11) is 0. The van der Waals surface area contributed by atoms with Gasteiger partial charge in [-0.3, -0.25) is 0 Å². The lowest BCUT2D eigenvalue weighted by atomic mass is 9.92. The van der Waals surface area contributed by atoms with Crippen LogP contribution in [0.25, 0.3) is 0 Å². The number of amides is 2. The Morgan fingerprint density at radius 3 is 2.30 bits per heavy atom. The smallest absolute Gasteiger partial charge is 0.338 e. The van der Waals surface area contributed by atoms with Crippen molar-refractivity contribution in [3.8, 4) is 11.5 Å². The first-order chi connectivity index (χ1) is 13.0. The number of benzene rings is 1. The Morgan fingerprint density at radius 1 is 1.04 bits per heavy atom. The minimum atomic E-state index is -0.666. The number of ether oxygens (including phenoxy) is 3. The van der Waals surface area contributed by atoms with Gasteiger partial charge in [-0.05, 0) is 45.7 Å². The SMILES string of the molecule is CCOC(=O)C1=C(C)NC(=O)NC1c1cc(CC)c(OCC)cc1OCC. The van der Waals surface area contributed by atoms with Gasteiger partial charge in [0.05, 0.1) is 31.4 Å². The average Bonchev–Trinajstić information content (AvgIpc) is 2.62. The minimum absolute atomic E-state index is 0.248. The van der Waals surface area contributed by atoms with Crippen LogP contribution in [0.1, 0.15) is 51.8 Å². The van der Waals surface area contributed by atoms with Gasteiger partial charge in [-0.2, -0.15) is 0 Å². The molecule has 27 heavy (non-hydrogen) atoms. The molecular formula is C20H28N2O5. The van der Waals surface area contributed by atoms with E-state index in [9.17, 15) is 9.59 Å². The standard InChI is InChI=1S/C20H28N2O5/c1-6-13-10-14(16(26-8-3)11-15(13)25-7-2)18-17(19(23)27-9-4)12(5)21-20(24)22-18/h10-11,18H,6-9H2,1-5H3,(H2,21,22,24). The van der Waals surface area contributed by atoms with Crippen molar-refractivity contribution in [1.29, 1.82) is 0 Å². The van der Waals surface area contributed by atoms with E-state index in [0.29, 0.717) is 35.8 Å². The van der Waals surface area contributed by atoms with Gasteiger partial charge in [0.25, 0.3) is 0 Å². The summed E-state index contributed by atoms with van der Waals surface area (Å²) >= 11 is 0. The van der Waals surface area contributed by atoms with Crippen molar-refractivity contribution in [3.63, 3.8) is 0 Å². The molecule has 2 N–H and O–H groups in total. The fourth-order valence-electron chi connectivity index (χ4n) is 3.10. The van der Waals surface area contributed by atoms with Crippen LogP contribution in [0.4, 0.5) is 4.79 Å². The van der Waals surface area contributed by atoms with Crippen molar-refractivity contribution >= 4 is 12.0 Å². The van der Waals surface area contributed by atoms with Crippen LogP contribution in [-0.2, 0) is 16.0 Å². The highest BCUT2D eigenvalue weighted by Gasteiger charge is 2.34. The van der Waals surface area contributed by atoms with Gasteiger partial charge in [-0.15, -0.1) is 0 Å². The van der Waals surface area contributed by atoms with Gasteiger partial charge in [-0.1, -0.05) is 6.92 Å². The normalized spacial score (nSPS) is 16.5. The van der Waals surface area contributed by atoms with E-state index in [2.05, 4.69) is 10.6 Å². The Bertz CT molecular complexity index is 742. The Hall–Kier alpha value is -2.70. The third-order valence-corrected chi connectivity index (χ3v) is 4.25. The van der Waals surface area contributed by atoms with Crippen LogP contribution < -0.4 is 20.1 Å². The van der Waals surface area contributed by atoms with Crippen LogP contribution in [0.15, 0.2) is 23.4 Å². The zero-order valence-electron chi connectivity index (χ0n) is 16.6. The number of esters is 1. The topological polar surface area (TPSA) is 85.9 Å². The molecule has 1 heterocycles. The second-order valence-corrected chi connectivity index (χ2v) is 6.01. The van der Waals surface area contributed by atoms with Crippen molar-refractivity contribution in [2.24, 2.45) is 0 Å². The maximum absolute atomic E-state index is 12.6. The summed E-state index contributed by atoms with van der Waals surface area (Å²) in [6, 6.07) is 2.71. The van der Waals surface area contributed by atoms with E-state index in [0.717, 1.165) is 17.7 Å². The van der Waals surface area contributed by atoms with Crippen LogP contribution in [-0.4, -0.2) is 31.8 Å². The number of aryl methyl sites for hydroxylation is 1. The van der Waals surface area contributed by atoms with E-state index in [1.165, 1.54) is 0 Å². The molecular weight excluding hydrogens is 348 g/mol. The van der Waals surface area contributed by atoms with Crippen molar-refractivity contribution in [2.75, 3.05) is 19.8 Å². The van der Waals surface area contributed by atoms with Crippen LogP contribution in [0.3, 0.4) is 0 Å². The number of urea groups is 1. The first kappa shape index (κ1) is 20.6. The highest BCUT2D eigenvalue weighted by atomic mass is 16.5. The quantitative estimate of drug-likeness (QED) is 0.680. The van der Waals surface area contributed by atoms with Crippen molar-refractivity contribution in [1.82, 2.24) is 10.6 Å². The summed E-state index contributed by atoms with van der Waals surface area (Å²) in [5, 5.41) is 5.47. The molecule has 1 atom stereocenters. The largest absolute Gasteiger partial charge is 0.493 e. The highest BCUT2D eigenvalue weighted by Crippen LogP contribution is 2.38. The number of rotatable bonds is 8. The molecule has 0 radical (unpaired) electrons. The second kappa shape index (κ2) is 9.30. The molecule has 0 aliphatic carbocycles. The summed E-state index contributed by atoms with van der Waals surface area (Å²) in [5.74, 6) is 0.840. The number of allylic oxidation sites excluding steroid dienone is 1. The Kier molecular flexibility index (Phi) is 7.10. The molecule has 0 spiro atoms. The van der Waals surface area contributed by atoms with E-state index in [1.807, 2.05) is 32.9 Å². The third kappa shape index (κ3) is 4.53. The van der Waals surface area contributed by atoms with Crippen molar-refractivity contribution < 1.29 is 23.8 Å². The van der Waals surface area contributed by atoms with Crippen LogP contribution in [0.5, 0.6) is 11.5 Å². The molecule has 1 unspecified atom stereocenters. The van der Waals surface area contributed by atoms with Gasteiger partial charge in [0, 0.05) is 17.3 Å². The monoisotopic (exact) mass is 376 g/mol. The molecule has 7 nitrogen and oxygen atoms in total. The minimum Gasteiger partial charge on any atom is -0.493 e. The molecule has 7 heteroatoms. The fraction of sp³-hybridized carbons (Fsp3) is 0.500. The zero-order valence-corrected chi connectivity index (χ0v) is 16.6.